The molecular formula is C14H26O8. The zero-order chi connectivity index (χ0) is 16.4. The maximum atomic E-state index is 9.91. The van der Waals surface area contributed by atoms with Crippen molar-refractivity contribution in [3.05, 3.63) is 0 Å². The lowest BCUT2D eigenvalue weighted by Gasteiger charge is -2.40. The summed E-state index contributed by atoms with van der Waals surface area (Å²) in [5.74, 6) is -0.393. The van der Waals surface area contributed by atoms with Gasteiger partial charge in [0.05, 0.1) is 31.5 Å². The first kappa shape index (κ1) is 18.0. The summed E-state index contributed by atoms with van der Waals surface area (Å²) in [5.41, 5.74) is 0. The molecule has 22 heavy (non-hydrogen) atoms. The fraction of sp³-hybridized carbons (Fsp3) is 1.00. The van der Waals surface area contributed by atoms with E-state index in [0.717, 1.165) is 0 Å². The molecule has 0 bridgehead atoms. The zero-order valence-corrected chi connectivity index (χ0v) is 12.8. The first-order valence-corrected chi connectivity index (χ1v) is 7.62. The lowest BCUT2D eigenvalue weighted by molar-refractivity contribution is -0.276. The molecule has 2 fully saturated rings. The Bertz CT molecular complexity index is 354. The van der Waals surface area contributed by atoms with Crippen molar-refractivity contribution in [2.45, 2.75) is 69.3 Å². The summed E-state index contributed by atoms with van der Waals surface area (Å²) in [6, 6.07) is 0. The second-order valence-corrected chi connectivity index (χ2v) is 6.13. The quantitative estimate of drug-likeness (QED) is 0.401. The molecule has 5 N–H and O–H groups in total. The number of aliphatic hydroxyl groups excluding tert-OH is 5. The lowest BCUT2D eigenvalue weighted by Crippen LogP contribution is -2.54. The van der Waals surface area contributed by atoms with E-state index in [1.165, 1.54) is 0 Å². The van der Waals surface area contributed by atoms with E-state index >= 15 is 0 Å². The van der Waals surface area contributed by atoms with E-state index in [1.54, 1.807) is 13.8 Å². The average Bonchev–Trinajstić information content (AvgIpc) is 2.50. The Morgan fingerprint density at radius 1 is 0.955 bits per heavy atom. The van der Waals surface area contributed by atoms with Crippen molar-refractivity contribution in [3.8, 4) is 0 Å². The van der Waals surface area contributed by atoms with Gasteiger partial charge in [-0.1, -0.05) is 6.92 Å². The van der Waals surface area contributed by atoms with Crippen LogP contribution >= 0.6 is 0 Å². The van der Waals surface area contributed by atoms with Crippen LogP contribution in [0.5, 0.6) is 0 Å². The summed E-state index contributed by atoms with van der Waals surface area (Å²) in [6.45, 7) is 3.52. The van der Waals surface area contributed by atoms with E-state index in [2.05, 4.69) is 0 Å². The molecule has 2 heterocycles. The molecule has 0 aromatic carbocycles. The molecule has 0 aromatic heterocycles. The molecule has 8 nitrogen and oxygen atoms in total. The van der Waals surface area contributed by atoms with Crippen molar-refractivity contribution in [2.75, 3.05) is 13.2 Å². The third-order valence-electron chi connectivity index (χ3n) is 4.44. The van der Waals surface area contributed by atoms with Crippen LogP contribution in [0, 0.1) is 5.92 Å². The molecular weight excluding hydrogens is 296 g/mol. The normalized spacial score (nSPS) is 50.0. The standard InChI is InChI=1S/C14H26O8/c1-6-10(16)11(17)7(2)22-14(6)20-4-3-9-13(19)12(18)8(15)5-21-9/h6-19H,3-5H2,1-2H3/t6?,7?,8?,9-,10-,11+,12?,13-,14-/m1/s1. The van der Waals surface area contributed by atoms with Crippen LogP contribution in [0.3, 0.4) is 0 Å². The van der Waals surface area contributed by atoms with Gasteiger partial charge in [0.15, 0.2) is 6.29 Å². The summed E-state index contributed by atoms with van der Waals surface area (Å²) in [5, 5.41) is 48.4. The van der Waals surface area contributed by atoms with Crippen LogP contribution < -0.4 is 0 Å². The Hall–Kier alpha value is -0.320. The summed E-state index contributed by atoms with van der Waals surface area (Å²) < 4.78 is 16.4. The van der Waals surface area contributed by atoms with Gasteiger partial charge in [-0.25, -0.2) is 0 Å². The van der Waals surface area contributed by atoms with Gasteiger partial charge in [-0.2, -0.15) is 0 Å². The maximum absolute atomic E-state index is 9.91. The fourth-order valence-corrected chi connectivity index (χ4v) is 2.78. The smallest absolute Gasteiger partial charge is 0.163 e. The van der Waals surface area contributed by atoms with Crippen LogP contribution in [0.1, 0.15) is 20.3 Å². The third kappa shape index (κ3) is 3.77. The van der Waals surface area contributed by atoms with Crippen LogP contribution in [0.25, 0.3) is 0 Å². The summed E-state index contributed by atoms with van der Waals surface area (Å²) in [6.07, 6.45) is -6.91. The molecule has 8 heteroatoms. The van der Waals surface area contributed by atoms with Gasteiger partial charge < -0.3 is 39.7 Å². The Labute approximate surface area is 129 Å². The minimum atomic E-state index is -1.24. The number of hydrogen-bond acceptors (Lipinski definition) is 8. The Morgan fingerprint density at radius 3 is 2.32 bits per heavy atom. The molecule has 2 rings (SSSR count). The highest BCUT2D eigenvalue weighted by atomic mass is 16.7. The number of ether oxygens (including phenoxy) is 3. The molecule has 4 unspecified atom stereocenters. The SMILES string of the molecule is CC1[C@H](OCC[C@H]2OCC(O)C(O)[C@@H]2O)OC(C)[C@H](O)[C@@H]1O. The minimum absolute atomic E-state index is 0.0405. The van der Waals surface area contributed by atoms with Crippen LogP contribution in [-0.2, 0) is 14.2 Å². The molecule has 2 aliphatic rings. The monoisotopic (exact) mass is 322 g/mol. The van der Waals surface area contributed by atoms with Crippen molar-refractivity contribution >= 4 is 0 Å². The zero-order valence-electron chi connectivity index (χ0n) is 12.8. The molecule has 0 spiro atoms. The van der Waals surface area contributed by atoms with E-state index in [4.69, 9.17) is 14.2 Å². The van der Waals surface area contributed by atoms with E-state index in [9.17, 15) is 25.5 Å². The summed E-state index contributed by atoms with van der Waals surface area (Å²) in [7, 11) is 0. The molecule has 0 amide bonds. The summed E-state index contributed by atoms with van der Waals surface area (Å²) in [4.78, 5) is 0. The number of hydrogen-bond donors (Lipinski definition) is 5. The summed E-state index contributed by atoms with van der Waals surface area (Å²) >= 11 is 0. The first-order valence-electron chi connectivity index (χ1n) is 7.62. The van der Waals surface area contributed by atoms with Gasteiger partial charge in [-0.15, -0.1) is 0 Å². The van der Waals surface area contributed by atoms with Gasteiger partial charge in [0, 0.05) is 5.92 Å². The number of rotatable bonds is 4. The van der Waals surface area contributed by atoms with Crippen molar-refractivity contribution in [2.24, 2.45) is 5.92 Å². The van der Waals surface area contributed by atoms with Crippen molar-refractivity contribution in [1.82, 2.24) is 0 Å². The van der Waals surface area contributed by atoms with Gasteiger partial charge in [-0.3, -0.25) is 0 Å². The first-order chi connectivity index (χ1) is 10.3. The highest BCUT2D eigenvalue weighted by molar-refractivity contribution is 4.87. The Balaban J connectivity index is 1.79. The van der Waals surface area contributed by atoms with Gasteiger partial charge in [0.25, 0.3) is 0 Å². The topological polar surface area (TPSA) is 129 Å². The molecule has 130 valence electrons. The third-order valence-corrected chi connectivity index (χ3v) is 4.44. The molecule has 2 aliphatic heterocycles. The van der Waals surface area contributed by atoms with E-state index in [-0.39, 0.29) is 13.2 Å². The molecule has 2 saturated heterocycles. The molecule has 0 aromatic rings. The fourth-order valence-electron chi connectivity index (χ4n) is 2.78. The van der Waals surface area contributed by atoms with Crippen LogP contribution in [-0.4, -0.2) is 87.8 Å². The average molecular weight is 322 g/mol. The number of aliphatic hydroxyl groups is 5. The Morgan fingerprint density at radius 2 is 1.64 bits per heavy atom. The van der Waals surface area contributed by atoms with Crippen molar-refractivity contribution in [1.29, 1.82) is 0 Å². The second-order valence-electron chi connectivity index (χ2n) is 6.13. The minimum Gasteiger partial charge on any atom is -0.390 e. The molecule has 0 aliphatic carbocycles. The van der Waals surface area contributed by atoms with Gasteiger partial charge in [0.2, 0.25) is 0 Å². The van der Waals surface area contributed by atoms with Crippen molar-refractivity contribution < 1.29 is 39.7 Å². The van der Waals surface area contributed by atoms with Gasteiger partial charge in [-0.05, 0) is 13.3 Å². The van der Waals surface area contributed by atoms with Gasteiger partial charge >= 0.3 is 0 Å². The lowest BCUT2D eigenvalue weighted by atomic mass is 9.93. The van der Waals surface area contributed by atoms with E-state index in [1.807, 2.05) is 0 Å². The molecule has 0 radical (unpaired) electrons. The predicted molar refractivity (Wildman–Crippen MR) is 73.8 cm³/mol. The maximum Gasteiger partial charge on any atom is 0.163 e. The van der Waals surface area contributed by atoms with Gasteiger partial charge in [0.1, 0.15) is 24.4 Å². The van der Waals surface area contributed by atoms with Crippen LogP contribution in [0.15, 0.2) is 0 Å². The van der Waals surface area contributed by atoms with Crippen molar-refractivity contribution in [3.63, 3.8) is 0 Å². The predicted octanol–water partition coefficient (Wildman–Crippen LogP) is -2.02. The highest BCUT2D eigenvalue weighted by Crippen LogP contribution is 2.27. The second kappa shape index (κ2) is 7.50. The van der Waals surface area contributed by atoms with Crippen LogP contribution in [0.4, 0.5) is 0 Å². The Kier molecular flexibility index (Phi) is 6.14. The van der Waals surface area contributed by atoms with E-state index in [0.29, 0.717) is 6.42 Å². The highest BCUT2D eigenvalue weighted by Gasteiger charge is 2.41. The van der Waals surface area contributed by atoms with E-state index < -0.39 is 54.9 Å². The van der Waals surface area contributed by atoms with Crippen LogP contribution in [0.2, 0.25) is 0 Å². The molecule has 9 atom stereocenters. The molecule has 0 saturated carbocycles. The largest absolute Gasteiger partial charge is 0.390 e.